The van der Waals surface area contributed by atoms with Crippen LogP contribution in [0.25, 0.3) is 5.82 Å². The van der Waals surface area contributed by atoms with E-state index in [0.29, 0.717) is 11.5 Å². The Morgan fingerprint density at radius 3 is 2.91 bits per heavy atom. The third kappa shape index (κ3) is 3.55. The first-order chi connectivity index (χ1) is 11.3. The standard InChI is InChI=1S/C17H16N4O2/c1-23-14-6-2-5-13(11-14)12-16(22)20-15-7-3-8-18-17(15)21-10-4-9-19-21/h2-11H,12H2,1H3,(H,20,22). The van der Waals surface area contributed by atoms with E-state index in [1.165, 1.54) is 0 Å². The van der Waals surface area contributed by atoms with Gasteiger partial charge in [-0.05, 0) is 35.9 Å². The second-order valence-electron chi connectivity index (χ2n) is 4.90. The van der Waals surface area contributed by atoms with E-state index in [0.717, 1.165) is 11.3 Å². The number of carbonyl (C=O) groups is 1. The molecule has 3 rings (SSSR count). The molecule has 0 aliphatic rings. The number of amides is 1. The van der Waals surface area contributed by atoms with Crippen LogP contribution in [0.3, 0.4) is 0 Å². The molecule has 2 heterocycles. The smallest absolute Gasteiger partial charge is 0.228 e. The fourth-order valence-electron chi connectivity index (χ4n) is 2.23. The van der Waals surface area contributed by atoms with Gasteiger partial charge in [-0.1, -0.05) is 12.1 Å². The van der Waals surface area contributed by atoms with Crippen LogP contribution in [0, 0.1) is 0 Å². The molecule has 23 heavy (non-hydrogen) atoms. The van der Waals surface area contributed by atoms with Crippen LogP contribution in [0.4, 0.5) is 5.69 Å². The Bertz CT molecular complexity index is 800. The molecule has 116 valence electrons. The number of aromatic nitrogens is 3. The number of anilines is 1. The summed E-state index contributed by atoms with van der Waals surface area (Å²) in [6.07, 6.45) is 5.36. The molecule has 6 nitrogen and oxygen atoms in total. The molecule has 0 unspecified atom stereocenters. The van der Waals surface area contributed by atoms with Crippen molar-refractivity contribution in [3.05, 3.63) is 66.6 Å². The zero-order chi connectivity index (χ0) is 16.1. The second kappa shape index (κ2) is 6.74. The minimum Gasteiger partial charge on any atom is -0.497 e. The SMILES string of the molecule is COc1cccc(CC(=O)Nc2cccnc2-n2cccn2)c1. The molecule has 1 amide bonds. The normalized spacial score (nSPS) is 10.3. The van der Waals surface area contributed by atoms with Crippen molar-refractivity contribution in [2.24, 2.45) is 0 Å². The third-order valence-electron chi connectivity index (χ3n) is 3.28. The summed E-state index contributed by atoms with van der Waals surface area (Å²) in [6, 6.07) is 12.8. The number of carbonyl (C=O) groups excluding carboxylic acids is 1. The quantitative estimate of drug-likeness (QED) is 0.786. The zero-order valence-corrected chi connectivity index (χ0v) is 12.6. The van der Waals surface area contributed by atoms with Gasteiger partial charge in [-0.25, -0.2) is 9.67 Å². The first kappa shape index (κ1) is 14.8. The van der Waals surface area contributed by atoms with Gasteiger partial charge in [0, 0.05) is 18.6 Å². The number of nitrogens with zero attached hydrogens (tertiary/aromatic N) is 3. The van der Waals surface area contributed by atoms with Gasteiger partial charge in [-0.2, -0.15) is 5.10 Å². The van der Waals surface area contributed by atoms with Crippen LogP contribution in [0.2, 0.25) is 0 Å². The molecule has 0 fully saturated rings. The highest BCUT2D eigenvalue weighted by Gasteiger charge is 2.10. The van der Waals surface area contributed by atoms with E-state index in [1.807, 2.05) is 24.3 Å². The van der Waals surface area contributed by atoms with E-state index in [2.05, 4.69) is 15.4 Å². The Morgan fingerprint density at radius 2 is 2.13 bits per heavy atom. The number of pyridine rings is 1. The Balaban J connectivity index is 1.76. The molecule has 2 aromatic heterocycles. The fraction of sp³-hybridized carbons (Fsp3) is 0.118. The summed E-state index contributed by atoms with van der Waals surface area (Å²) >= 11 is 0. The molecule has 0 saturated carbocycles. The van der Waals surface area contributed by atoms with Gasteiger partial charge in [-0.15, -0.1) is 0 Å². The van der Waals surface area contributed by atoms with Crippen molar-refractivity contribution in [2.75, 3.05) is 12.4 Å². The molecule has 0 aliphatic heterocycles. The molecule has 0 spiro atoms. The average Bonchev–Trinajstić information content (AvgIpc) is 3.10. The summed E-state index contributed by atoms with van der Waals surface area (Å²) in [5.41, 5.74) is 1.50. The molecule has 0 radical (unpaired) electrons. The number of ether oxygens (including phenoxy) is 1. The second-order valence-corrected chi connectivity index (χ2v) is 4.90. The zero-order valence-electron chi connectivity index (χ0n) is 12.6. The van der Waals surface area contributed by atoms with Gasteiger partial charge < -0.3 is 10.1 Å². The van der Waals surface area contributed by atoms with Crippen molar-refractivity contribution in [1.29, 1.82) is 0 Å². The monoisotopic (exact) mass is 308 g/mol. The number of benzene rings is 1. The molecule has 0 aliphatic carbocycles. The van der Waals surface area contributed by atoms with Crippen molar-refractivity contribution in [1.82, 2.24) is 14.8 Å². The Morgan fingerprint density at radius 1 is 1.22 bits per heavy atom. The van der Waals surface area contributed by atoms with Gasteiger partial charge in [-0.3, -0.25) is 4.79 Å². The Kier molecular flexibility index (Phi) is 4.33. The highest BCUT2D eigenvalue weighted by molar-refractivity contribution is 5.93. The largest absolute Gasteiger partial charge is 0.497 e. The van der Waals surface area contributed by atoms with Crippen LogP contribution in [0.1, 0.15) is 5.56 Å². The van der Waals surface area contributed by atoms with Crippen LogP contribution in [0.5, 0.6) is 5.75 Å². The van der Waals surface area contributed by atoms with Gasteiger partial charge in [0.25, 0.3) is 0 Å². The maximum atomic E-state index is 12.3. The number of methoxy groups -OCH3 is 1. The lowest BCUT2D eigenvalue weighted by Gasteiger charge is -2.10. The maximum Gasteiger partial charge on any atom is 0.228 e. The summed E-state index contributed by atoms with van der Waals surface area (Å²) in [4.78, 5) is 16.6. The van der Waals surface area contributed by atoms with E-state index in [9.17, 15) is 4.79 Å². The molecule has 1 aromatic carbocycles. The number of nitrogens with one attached hydrogen (secondary N) is 1. The number of hydrogen-bond donors (Lipinski definition) is 1. The third-order valence-corrected chi connectivity index (χ3v) is 3.28. The predicted octanol–water partition coefficient (Wildman–Crippen LogP) is 2.46. The van der Waals surface area contributed by atoms with Crippen molar-refractivity contribution in [3.8, 4) is 11.6 Å². The van der Waals surface area contributed by atoms with Crippen LogP contribution in [0.15, 0.2) is 61.1 Å². The lowest BCUT2D eigenvalue weighted by Crippen LogP contribution is -2.16. The minimum atomic E-state index is -0.125. The lowest BCUT2D eigenvalue weighted by molar-refractivity contribution is -0.115. The molecular weight excluding hydrogens is 292 g/mol. The molecule has 0 bridgehead atoms. The van der Waals surface area contributed by atoms with E-state index >= 15 is 0 Å². The van der Waals surface area contributed by atoms with Gasteiger partial charge >= 0.3 is 0 Å². The van der Waals surface area contributed by atoms with Crippen LogP contribution < -0.4 is 10.1 Å². The van der Waals surface area contributed by atoms with E-state index in [4.69, 9.17) is 4.74 Å². The summed E-state index contributed by atoms with van der Waals surface area (Å²) < 4.78 is 6.78. The van der Waals surface area contributed by atoms with E-state index < -0.39 is 0 Å². The lowest BCUT2D eigenvalue weighted by atomic mass is 10.1. The van der Waals surface area contributed by atoms with Crippen LogP contribution in [-0.4, -0.2) is 27.8 Å². The van der Waals surface area contributed by atoms with Gasteiger partial charge in [0.05, 0.1) is 19.2 Å². The Labute approximate surface area is 133 Å². The van der Waals surface area contributed by atoms with Crippen molar-refractivity contribution < 1.29 is 9.53 Å². The minimum absolute atomic E-state index is 0.125. The van der Waals surface area contributed by atoms with Crippen molar-refractivity contribution >= 4 is 11.6 Å². The number of hydrogen-bond acceptors (Lipinski definition) is 4. The average molecular weight is 308 g/mol. The summed E-state index contributed by atoms with van der Waals surface area (Å²) in [5.74, 6) is 1.19. The Hall–Kier alpha value is -3.15. The molecular formula is C17H16N4O2. The van der Waals surface area contributed by atoms with Gasteiger partial charge in [0.1, 0.15) is 5.75 Å². The van der Waals surface area contributed by atoms with Crippen molar-refractivity contribution in [2.45, 2.75) is 6.42 Å². The summed E-state index contributed by atoms with van der Waals surface area (Å²) in [7, 11) is 1.60. The highest BCUT2D eigenvalue weighted by Crippen LogP contribution is 2.17. The predicted molar refractivity (Wildman–Crippen MR) is 86.7 cm³/mol. The summed E-state index contributed by atoms with van der Waals surface area (Å²) in [5, 5.41) is 7.03. The van der Waals surface area contributed by atoms with E-state index in [1.54, 1.807) is 48.6 Å². The fourth-order valence-corrected chi connectivity index (χ4v) is 2.23. The maximum absolute atomic E-state index is 12.3. The molecule has 3 aromatic rings. The van der Waals surface area contributed by atoms with E-state index in [-0.39, 0.29) is 12.3 Å². The molecule has 0 saturated heterocycles. The van der Waals surface area contributed by atoms with Gasteiger partial charge in [0.15, 0.2) is 5.82 Å². The molecule has 6 heteroatoms. The highest BCUT2D eigenvalue weighted by atomic mass is 16.5. The van der Waals surface area contributed by atoms with Crippen molar-refractivity contribution in [3.63, 3.8) is 0 Å². The molecule has 0 atom stereocenters. The van der Waals surface area contributed by atoms with Crippen LogP contribution in [-0.2, 0) is 11.2 Å². The topological polar surface area (TPSA) is 69.0 Å². The first-order valence-corrected chi connectivity index (χ1v) is 7.14. The van der Waals surface area contributed by atoms with Crippen LogP contribution >= 0.6 is 0 Å². The number of rotatable bonds is 5. The first-order valence-electron chi connectivity index (χ1n) is 7.14. The van der Waals surface area contributed by atoms with Gasteiger partial charge in [0.2, 0.25) is 5.91 Å². The molecule has 1 N–H and O–H groups in total. The summed E-state index contributed by atoms with van der Waals surface area (Å²) in [6.45, 7) is 0.